The van der Waals surface area contributed by atoms with Crippen LogP contribution in [0.25, 0.3) is 17.0 Å². The molecule has 160 valence electrons. The second kappa shape index (κ2) is 9.79. The molecule has 0 bridgehead atoms. The Hall–Kier alpha value is -4.12. The number of aromatic nitrogens is 1. The summed E-state index contributed by atoms with van der Waals surface area (Å²) in [6.07, 6.45) is 5.08. The Morgan fingerprint density at radius 2 is 1.75 bits per heavy atom. The van der Waals surface area contributed by atoms with E-state index in [9.17, 15) is 4.79 Å². The lowest BCUT2D eigenvalue weighted by atomic mass is 10.1. The molecule has 3 aromatic carbocycles. The molecule has 5 nitrogen and oxygen atoms in total. The highest BCUT2D eigenvalue weighted by atomic mass is 16.5. The quantitative estimate of drug-likeness (QED) is 0.267. The molecule has 0 saturated carbocycles. The minimum Gasteiger partial charge on any atom is -0.497 e. The number of ketones is 1. The maximum atomic E-state index is 12.5. The van der Waals surface area contributed by atoms with E-state index in [0.717, 1.165) is 27.8 Å². The second-order valence-electron chi connectivity index (χ2n) is 7.12. The molecule has 0 aliphatic heterocycles. The molecule has 4 aromatic rings. The van der Waals surface area contributed by atoms with Crippen molar-refractivity contribution in [1.29, 1.82) is 0 Å². The summed E-state index contributed by atoms with van der Waals surface area (Å²) in [6, 6.07) is 22.6. The summed E-state index contributed by atoms with van der Waals surface area (Å²) < 4.78 is 16.8. The van der Waals surface area contributed by atoms with Crippen LogP contribution < -0.4 is 14.2 Å². The van der Waals surface area contributed by atoms with Crippen LogP contribution in [0.2, 0.25) is 0 Å². The minimum absolute atomic E-state index is 0.0978. The minimum atomic E-state index is -0.0978. The van der Waals surface area contributed by atoms with Crippen LogP contribution in [0, 0.1) is 0 Å². The molecule has 0 saturated heterocycles. The first-order chi connectivity index (χ1) is 15.7. The first-order valence-electron chi connectivity index (χ1n) is 10.2. The maximum absolute atomic E-state index is 12.5. The van der Waals surface area contributed by atoms with Crippen LogP contribution in [0.3, 0.4) is 0 Å². The number of para-hydroxylation sites is 1. The number of hydrogen-bond acceptors (Lipinski definition) is 5. The lowest BCUT2D eigenvalue weighted by Gasteiger charge is -2.12. The number of fused-ring (bicyclic) bond motifs is 1. The molecule has 1 aromatic heterocycles. The molecule has 0 amide bonds. The van der Waals surface area contributed by atoms with Crippen molar-refractivity contribution < 1.29 is 19.0 Å². The van der Waals surface area contributed by atoms with Gasteiger partial charge in [0, 0.05) is 22.7 Å². The van der Waals surface area contributed by atoms with Gasteiger partial charge in [0.1, 0.15) is 29.4 Å². The molecule has 4 rings (SSSR count). The molecule has 0 aliphatic carbocycles. The van der Waals surface area contributed by atoms with Crippen molar-refractivity contribution >= 4 is 22.8 Å². The molecular formula is C27H23NO4. The Kier molecular flexibility index (Phi) is 6.46. The lowest BCUT2D eigenvalue weighted by molar-refractivity contribution is 0.104. The van der Waals surface area contributed by atoms with E-state index in [4.69, 9.17) is 14.2 Å². The fourth-order valence-corrected chi connectivity index (χ4v) is 3.41. The average molecular weight is 425 g/mol. The average Bonchev–Trinajstić information content (AvgIpc) is 2.86. The van der Waals surface area contributed by atoms with Gasteiger partial charge < -0.3 is 14.2 Å². The molecule has 0 aliphatic rings. The Morgan fingerprint density at radius 3 is 2.59 bits per heavy atom. The summed E-state index contributed by atoms with van der Waals surface area (Å²) >= 11 is 0. The standard InChI is InChI=1S/C27H23NO4/c1-30-23-9-3-7-21(17-23)24(29)13-11-19-12-14-25(31-2)22(16-19)18-32-26-10-4-6-20-8-5-15-28-27(20)26/h3-17H,18H2,1-2H3/b13-11+. The number of carbonyl (C=O) groups is 1. The van der Waals surface area contributed by atoms with Crippen LogP contribution in [0.15, 0.2) is 85.1 Å². The van der Waals surface area contributed by atoms with Crippen molar-refractivity contribution in [3.05, 3.63) is 102 Å². The summed E-state index contributed by atoms with van der Waals surface area (Å²) in [6.45, 7) is 0.310. The van der Waals surface area contributed by atoms with Gasteiger partial charge in [0.15, 0.2) is 5.78 Å². The fourth-order valence-electron chi connectivity index (χ4n) is 3.41. The van der Waals surface area contributed by atoms with Gasteiger partial charge in [0.2, 0.25) is 0 Å². The van der Waals surface area contributed by atoms with Gasteiger partial charge in [0.05, 0.1) is 14.2 Å². The highest BCUT2D eigenvalue weighted by Crippen LogP contribution is 2.27. The maximum Gasteiger partial charge on any atom is 0.185 e. The van der Waals surface area contributed by atoms with Crippen molar-refractivity contribution in [3.8, 4) is 17.2 Å². The van der Waals surface area contributed by atoms with Crippen LogP contribution in [0.4, 0.5) is 0 Å². The third-order valence-corrected chi connectivity index (χ3v) is 5.06. The zero-order valence-corrected chi connectivity index (χ0v) is 17.9. The van der Waals surface area contributed by atoms with Crippen molar-refractivity contribution in [2.75, 3.05) is 14.2 Å². The molecular weight excluding hydrogens is 402 g/mol. The van der Waals surface area contributed by atoms with E-state index in [1.54, 1.807) is 50.8 Å². The first-order valence-corrected chi connectivity index (χ1v) is 10.2. The Balaban J connectivity index is 1.53. The third-order valence-electron chi connectivity index (χ3n) is 5.06. The Bertz CT molecular complexity index is 1270. The number of rotatable bonds is 8. The predicted octanol–water partition coefficient (Wildman–Crippen LogP) is 5.73. The van der Waals surface area contributed by atoms with E-state index in [0.29, 0.717) is 23.7 Å². The van der Waals surface area contributed by atoms with E-state index in [2.05, 4.69) is 4.98 Å². The molecule has 0 unspecified atom stereocenters. The van der Waals surface area contributed by atoms with Gasteiger partial charge in [-0.05, 0) is 48.0 Å². The van der Waals surface area contributed by atoms with E-state index in [-0.39, 0.29) is 5.78 Å². The summed E-state index contributed by atoms with van der Waals surface area (Å²) in [5.74, 6) is 1.98. The third kappa shape index (κ3) is 4.78. The van der Waals surface area contributed by atoms with Gasteiger partial charge in [-0.25, -0.2) is 0 Å². The van der Waals surface area contributed by atoms with Gasteiger partial charge in [-0.15, -0.1) is 0 Å². The number of ether oxygens (including phenoxy) is 3. The second-order valence-corrected chi connectivity index (χ2v) is 7.12. The van der Waals surface area contributed by atoms with Gasteiger partial charge >= 0.3 is 0 Å². The van der Waals surface area contributed by atoms with Crippen LogP contribution in [-0.2, 0) is 6.61 Å². The largest absolute Gasteiger partial charge is 0.497 e. The molecule has 0 fully saturated rings. The Labute approximate surface area is 186 Å². The monoisotopic (exact) mass is 425 g/mol. The topological polar surface area (TPSA) is 57.7 Å². The van der Waals surface area contributed by atoms with Crippen molar-refractivity contribution in [2.45, 2.75) is 6.61 Å². The number of hydrogen-bond donors (Lipinski definition) is 0. The fraction of sp³-hybridized carbons (Fsp3) is 0.111. The van der Waals surface area contributed by atoms with E-state index in [1.165, 1.54) is 0 Å². The predicted molar refractivity (Wildman–Crippen MR) is 125 cm³/mol. The van der Waals surface area contributed by atoms with E-state index >= 15 is 0 Å². The lowest BCUT2D eigenvalue weighted by Crippen LogP contribution is -2.00. The number of nitrogens with zero attached hydrogens (tertiary/aromatic N) is 1. The van der Waals surface area contributed by atoms with Gasteiger partial charge in [-0.3, -0.25) is 9.78 Å². The summed E-state index contributed by atoms with van der Waals surface area (Å²) in [7, 11) is 3.20. The van der Waals surface area contributed by atoms with Crippen molar-refractivity contribution in [1.82, 2.24) is 4.98 Å². The molecule has 0 spiro atoms. The first kappa shape index (κ1) is 21.1. The molecule has 32 heavy (non-hydrogen) atoms. The molecule has 5 heteroatoms. The number of carbonyl (C=O) groups excluding carboxylic acids is 1. The van der Waals surface area contributed by atoms with E-state index in [1.807, 2.05) is 54.6 Å². The SMILES string of the molecule is COc1cccc(C(=O)/C=C/c2ccc(OC)c(COc3cccc4cccnc34)c2)c1. The molecule has 0 atom stereocenters. The van der Waals surface area contributed by atoms with Crippen LogP contribution >= 0.6 is 0 Å². The number of methoxy groups -OCH3 is 2. The van der Waals surface area contributed by atoms with Crippen LogP contribution in [0.1, 0.15) is 21.5 Å². The number of pyridine rings is 1. The molecule has 0 radical (unpaired) electrons. The highest BCUT2D eigenvalue weighted by molar-refractivity contribution is 6.07. The number of allylic oxidation sites excluding steroid dienone is 1. The summed E-state index contributed by atoms with van der Waals surface area (Å²) in [5, 5.41) is 1.02. The van der Waals surface area contributed by atoms with Gasteiger partial charge in [-0.2, -0.15) is 0 Å². The van der Waals surface area contributed by atoms with Crippen LogP contribution in [-0.4, -0.2) is 25.0 Å². The highest BCUT2D eigenvalue weighted by Gasteiger charge is 2.08. The zero-order chi connectivity index (χ0) is 22.3. The Morgan fingerprint density at radius 1 is 0.906 bits per heavy atom. The summed E-state index contributed by atoms with van der Waals surface area (Å²) in [4.78, 5) is 17.0. The summed E-state index contributed by atoms with van der Waals surface area (Å²) in [5.41, 5.74) is 3.13. The smallest absolute Gasteiger partial charge is 0.185 e. The van der Waals surface area contributed by atoms with Crippen molar-refractivity contribution in [3.63, 3.8) is 0 Å². The van der Waals surface area contributed by atoms with Gasteiger partial charge in [0.25, 0.3) is 0 Å². The molecule has 0 N–H and O–H groups in total. The zero-order valence-electron chi connectivity index (χ0n) is 17.9. The van der Waals surface area contributed by atoms with Gasteiger partial charge in [-0.1, -0.05) is 42.5 Å². The van der Waals surface area contributed by atoms with E-state index < -0.39 is 0 Å². The van der Waals surface area contributed by atoms with Crippen molar-refractivity contribution in [2.24, 2.45) is 0 Å². The molecule has 1 heterocycles. The van der Waals surface area contributed by atoms with Crippen LogP contribution in [0.5, 0.6) is 17.2 Å². The normalized spacial score (nSPS) is 10.9. The number of benzene rings is 3.